The average molecular weight is 196 g/mol. The second-order valence-electron chi connectivity index (χ2n) is 3.91. The van der Waals surface area contributed by atoms with Crippen LogP contribution in [-0.4, -0.2) is 16.7 Å². The van der Waals surface area contributed by atoms with Crippen molar-refractivity contribution in [2.75, 3.05) is 11.9 Å². The summed E-state index contributed by atoms with van der Waals surface area (Å²) in [6.07, 6.45) is 3.96. The highest BCUT2D eigenvalue weighted by Crippen LogP contribution is 2.26. The lowest BCUT2D eigenvalue weighted by Gasteiger charge is -2.24. The molecule has 0 saturated heterocycles. The molecule has 3 N–H and O–H groups in total. The van der Waals surface area contributed by atoms with Gasteiger partial charge >= 0.3 is 6.01 Å². The van der Waals surface area contributed by atoms with Gasteiger partial charge in [-0.15, -0.1) is 5.10 Å². The SMILES string of the molecule is CC(N)c1nnc(NCC2CCC2)o1. The zero-order chi connectivity index (χ0) is 9.97. The Labute approximate surface area is 83.1 Å². The Kier molecular flexibility index (Phi) is 2.67. The van der Waals surface area contributed by atoms with E-state index in [0.717, 1.165) is 12.5 Å². The van der Waals surface area contributed by atoms with Crippen molar-refractivity contribution in [3.8, 4) is 0 Å². The van der Waals surface area contributed by atoms with Gasteiger partial charge in [0.25, 0.3) is 0 Å². The van der Waals surface area contributed by atoms with Crippen LogP contribution in [0.15, 0.2) is 4.42 Å². The number of nitrogens with zero attached hydrogens (tertiary/aromatic N) is 2. The third-order valence-electron chi connectivity index (χ3n) is 2.60. The Morgan fingerprint density at radius 2 is 2.36 bits per heavy atom. The van der Waals surface area contributed by atoms with Gasteiger partial charge in [0, 0.05) is 6.54 Å². The predicted octanol–water partition coefficient (Wildman–Crippen LogP) is 1.30. The molecular weight excluding hydrogens is 180 g/mol. The van der Waals surface area contributed by atoms with Gasteiger partial charge in [0.05, 0.1) is 6.04 Å². The summed E-state index contributed by atoms with van der Waals surface area (Å²) in [4.78, 5) is 0. The third kappa shape index (κ3) is 2.04. The van der Waals surface area contributed by atoms with Crippen molar-refractivity contribution >= 4 is 6.01 Å². The van der Waals surface area contributed by atoms with Crippen LogP contribution in [0.2, 0.25) is 0 Å². The van der Waals surface area contributed by atoms with Gasteiger partial charge in [0.2, 0.25) is 5.89 Å². The van der Waals surface area contributed by atoms with Crippen LogP contribution in [0.3, 0.4) is 0 Å². The van der Waals surface area contributed by atoms with Crippen LogP contribution in [0.1, 0.15) is 38.1 Å². The fraction of sp³-hybridized carbons (Fsp3) is 0.778. The fourth-order valence-corrected chi connectivity index (χ4v) is 1.42. The molecule has 1 aromatic rings. The van der Waals surface area contributed by atoms with Crippen LogP contribution < -0.4 is 11.1 Å². The molecule has 1 unspecified atom stereocenters. The standard InChI is InChI=1S/C9H16N4O/c1-6(10)8-12-13-9(14-8)11-5-7-3-2-4-7/h6-7H,2-5,10H2,1H3,(H,11,13). The van der Waals surface area contributed by atoms with Crippen LogP contribution in [0.4, 0.5) is 6.01 Å². The maximum atomic E-state index is 5.60. The van der Waals surface area contributed by atoms with E-state index in [4.69, 9.17) is 10.2 Å². The molecule has 1 fully saturated rings. The molecule has 1 aliphatic rings. The van der Waals surface area contributed by atoms with Crippen molar-refractivity contribution in [1.29, 1.82) is 0 Å². The van der Waals surface area contributed by atoms with Gasteiger partial charge < -0.3 is 15.5 Å². The summed E-state index contributed by atoms with van der Waals surface area (Å²) >= 11 is 0. The Morgan fingerprint density at radius 1 is 1.57 bits per heavy atom. The van der Waals surface area contributed by atoms with E-state index in [2.05, 4.69) is 15.5 Å². The second-order valence-corrected chi connectivity index (χ2v) is 3.91. The van der Waals surface area contributed by atoms with Crippen molar-refractivity contribution < 1.29 is 4.42 Å². The lowest BCUT2D eigenvalue weighted by Crippen LogP contribution is -2.20. The molecule has 1 saturated carbocycles. The molecular formula is C9H16N4O. The molecule has 1 atom stereocenters. The maximum absolute atomic E-state index is 5.60. The number of hydrogen-bond donors (Lipinski definition) is 2. The minimum Gasteiger partial charge on any atom is -0.406 e. The van der Waals surface area contributed by atoms with Gasteiger partial charge in [-0.05, 0) is 25.7 Å². The number of aromatic nitrogens is 2. The van der Waals surface area contributed by atoms with Crippen LogP contribution >= 0.6 is 0 Å². The summed E-state index contributed by atoms with van der Waals surface area (Å²) in [5.41, 5.74) is 5.60. The summed E-state index contributed by atoms with van der Waals surface area (Å²) in [5.74, 6) is 1.27. The number of hydrogen-bond acceptors (Lipinski definition) is 5. The molecule has 0 radical (unpaired) electrons. The van der Waals surface area contributed by atoms with E-state index in [1.54, 1.807) is 0 Å². The summed E-state index contributed by atoms with van der Waals surface area (Å²) in [6.45, 7) is 2.75. The summed E-state index contributed by atoms with van der Waals surface area (Å²) in [7, 11) is 0. The van der Waals surface area contributed by atoms with Crippen molar-refractivity contribution in [1.82, 2.24) is 10.2 Å². The fourth-order valence-electron chi connectivity index (χ4n) is 1.42. The highest BCUT2D eigenvalue weighted by atomic mass is 16.4. The zero-order valence-electron chi connectivity index (χ0n) is 8.36. The van der Waals surface area contributed by atoms with Gasteiger partial charge in [-0.2, -0.15) is 0 Å². The van der Waals surface area contributed by atoms with Crippen molar-refractivity contribution in [3.63, 3.8) is 0 Å². The Balaban J connectivity index is 1.83. The minimum absolute atomic E-state index is 0.193. The molecule has 1 aliphatic carbocycles. The quantitative estimate of drug-likeness (QED) is 0.759. The smallest absolute Gasteiger partial charge is 0.315 e. The first kappa shape index (κ1) is 9.45. The molecule has 78 valence electrons. The van der Waals surface area contributed by atoms with E-state index in [1.807, 2.05) is 6.92 Å². The molecule has 1 aromatic heterocycles. The highest BCUT2D eigenvalue weighted by Gasteiger charge is 2.18. The molecule has 0 bridgehead atoms. The number of nitrogens with one attached hydrogen (secondary N) is 1. The monoisotopic (exact) mass is 196 g/mol. The molecule has 0 amide bonds. The van der Waals surface area contributed by atoms with Crippen LogP contribution in [0.5, 0.6) is 0 Å². The average Bonchev–Trinajstić information content (AvgIpc) is 2.50. The zero-order valence-corrected chi connectivity index (χ0v) is 8.36. The van der Waals surface area contributed by atoms with Crippen LogP contribution in [-0.2, 0) is 0 Å². The van der Waals surface area contributed by atoms with E-state index < -0.39 is 0 Å². The molecule has 0 aromatic carbocycles. The Morgan fingerprint density at radius 3 is 2.86 bits per heavy atom. The molecule has 1 heterocycles. The van der Waals surface area contributed by atoms with E-state index in [-0.39, 0.29) is 6.04 Å². The molecule has 14 heavy (non-hydrogen) atoms. The van der Waals surface area contributed by atoms with Crippen LogP contribution in [0, 0.1) is 5.92 Å². The highest BCUT2D eigenvalue weighted by molar-refractivity contribution is 5.17. The van der Waals surface area contributed by atoms with Gasteiger partial charge in [0.1, 0.15) is 0 Å². The number of nitrogens with two attached hydrogens (primary N) is 1. The molecule has 5 heteroatoms. The lowest BCUT2D eigenvalue weighted by atomic mass is 9.85. The van der Waals surface area contributed by atoms with E-state index >= 15 is 0 Å². The number of rotatable bonds is 4. The van der Waals surface area contributed by atoms with Gasteiger partial charge in [-0.3, -0.25) is 0 Å². The lowest BCUT2D eigenvalue weighted by molar-refractivity contribution is 0.330. The van der Waals surface area contributed by atoms with Crippen molar-refractivity contribution in [2.24, 2.45) is 11.7 Å². The van der Waals surface area contributed by atoms with Gasteiger partial charge in [-0.25, -0.2) is 0 Å². The van der Waals surface area contributed by atoms with E-state index in [9.17, 15) is 0 Å². The van der Waals surface area contributed by atoms with Gasteiger partial charge in [0.15, 0.2) is 0 Å². The van der Waals surface area contributed by atoms with E-state index in [0.29, 0.717) is 11.9 Å². The largest absolute Gasteiger partial charge is 0.406 e. The summed E-state index contributed by atoms with van der Waals surface area (Å²) in [6, 6.07) is 0.297. The summed E-state index contributed by atoms with van der Waals surface area (Å²) in [5, 5.41) is 10.8. The van der Waals surface area contributed by atoms with Crippen molar-refractivity contribution in [2.45, 2.75) is 32.2 Å². The van der Waals surface area contributed by atoms with Crippen LogP contribution in [0.25, 0.3) is 0 Å². The van der Waals surface area contributed by atoms with Crippen molar-refractivity contribution in [3.05, 3.63) is 5.89 Å². The Bertz CT molecular complexity index is 293. The molecule has 5 nitrogen and oxygen atoms in total. The third-order valence-corrected chi connectivity index (χ3v) is 2.60. The van der Waals surface area contributed by atoms with E-state index in [1.165, 1.54) is 19.3 Å². The maximum Gasteiger partial charge on any atom is 0.315 e. The first-order valence-corrected chi connectivity index (χ1v) is 5.08. The molecule has 0 spiro atoms. The molecule has 0 aliphatic heterocycles. The minimum atomic E-state index is -0.193. The van der Waals surface area contributed by atoms with Gasteiger partial charge in [-0.1, -0.05) is 11.5 Å². The first-order valence-electron chi connectivity index (χ1n) is 5.08. The predicted molar refractivity (Wildman–Crippen MR) is 52.7 cm³/mol. The summed E-state index contributed by atoms with van der Waals surface area (Å²) < 4.78 is 5.31. The Hall–Kier alpha value is -1.10. The second kappa shape index (κ2) is 3.96. The topological polar surface area (TPSA) is 77.0 Å². The normalized spacial score (nSPS) is 19.0. The molecule has 2 rings (SSSR count). The first-order chi connectivity index (χ1) is 6.75. The number of anilines is 1.